The zero-order valence-electron chi connectivity index (χ0n) is 8.92. The quantitative estimate of drug-likeness (QED) is 0.813. The Morgan fingerprint density at radius 1 is 1.25 bits per heavy atom. The Hall–Kier alpha value is -1.36. The van der Waals surface area contributed by atoms with E-state index in [0.29, 0.717) is 5.56 Å². The first-order chi connectivity index (χ1) is 7.67. The first kappa shape index (κ1) is 12.7. The van der Waals surface area contributed by atoms with Gasteiger partial charge in [0.2, 0.25) is 5.91 Å². The molecule has 0 bridgehead atoms. The minimum absolute atomic E-state index is 0.00444. The largest absolute Gasteiger partial charge is 0.358 e. The lowest BCUT2D eigenvalue weighted by atomic mass is 10.1. The smallest absolute Gasteiger partial charge is 0.251 e. The van der Waals surface area contributed by atoms with E-state index in [-0.39, 0.29) is 18.4 Å². The van der Waals surface area contributed by atoms with E-state index in [4.69, 9.17) is 0 Å². The van der Waals surface area contributed by atoms with Crippen molar-refractivity contribution in [3.63, 3.8) is 0 Å². The summed E-state index contributed by atoms with van der Waals surface area (Å²) < 4.78 is 0. The number of rotatable bonds is 4. The second kappa shape index (κ2) is 6.27. The van der Waals surface area contributed by atoms with Crippen LogP contribution >= 0.6 is 15.9 Å². The molecule has 1 aromatic rings. The van der Waals surface area contributed by atoms with E-state index < -0.39 is 0 Å². The van der Waals surface area contributed by atoms with Crippen LogP contribution in [0.4, 0.5) is 0 Å². The fourth-order valence-electron chi connectivity index (χ4n) is 1.10. The van der Waals surface area contributed by atoms with Gasteiger partial charge in [0, 0.05) is 17.9 Å². The molecule has 0 atom stereocenters. The zero-order valence-corrected chi connectivity index (χ0v) is 10.5. The Kier molecular flexibility index (Phi) is 4.98. The fraction of sp³-hybridized carbons (Fsp3) is 0.273. The zero-order chi connectivity index (χ0) is 12.0. The van der Waals surface area contributed by atoms with Crippen molar-refractivity contribution in [3.05, 3.63) is 35.4 Å². The predicted molar refractivity (Wildman–Crippen MR) is 65.5 cm³/mol. The number of halogens is 1. The summed E-state index contributed by atoms with van der Waals surface area (Å²) >= 11 is 3.32. The molecule has 4 nitrogen and oxygen atoms in total. The van der Waals surface area contributed by atoms with Crippen molar-refractivity contribution in [2.75, 3.05) is 13.6 Å². The molecular formula is C11H13BrN2O2. The number of nitrogens with one attached hydrogen (secondary N) is 2. The van der Waals surface area contributed by atoms with E-state index in [1.807, 2.05) is 12.1 Å². The average molecular weight is 285 g/mol. The molecule has 16 heavy (non-hydrogen) atoms. The van der Waals surface area contributed by atoms with Crippen LogP contribution in [0.25, 0.3) is 0 Å². The van der Waals surface area contributed by atoms with Crippen LogP contribution in [0.1, 0.15) is 15.9 Å². The van der Waals surface area contributed by atoms with Gasteiger partial charge in [-0.2, -0.15) is 0 Å². The van der Waals surface area contributed by atoms with Crippen molar-refractivity contribution in [3.8, 4) is 0 Å². The molecule has 0 heterocycles. The molecule has 0 unspecified atom stereocenters. The molecular weight excluding hydrogens is 272 g/mol. The van der Waals surface area contributed by atoms with Crippen LogP contribution < -0.4 is 10.6 Å². The summed E-state index contributed by atoms with van der Waals surface area (Å²) in [6.45, 7) is -0.00444. The van der Waals surface area contributed by atoms with E-state index in [1.54, 1.807) is 12.1 Å². The van der Waals surface area contributed by atoms with E-state index in [9.17, 15) is 9.59 Å². The van der Waals surface area contributed by atoms with Crippen LogP contribution in [0.3, 0.4) is 0 Å². The predicted octanol–water partition coefficient (Wildman–Crippen LogP) is 1.06. The van der Waals surface area contributed by atoms with Gasteiger partial charge in [-0.3, -0.25) is 9.59 Å². The summed E-state index contributed by atoms with van der Waals surface area (Å²) in [6, 6.07) is 7.19. The first-order valence-corrected chi connectivity index (χ1v) is 5.93. The number of alkyl halides is 1. The Morgan fingerprint density at radius 3 is 2.38 bits per heavy atom. The number of likely N-dealkylation sites (N-methyl/N-ethyl adjacent to an activating group) is 1. The number of carbonyl (C=O) groups is 2. The monoisotopic (exact) mass is 284 g/mol. The molecule has 0 spiro atoms. The third kappa shape index (κ3) is 3.66. The number of carbonyl (C=O) groups excluding carboxylic acids is 2. The molecule has 0 aromatic heterocycles. The molecule has 0 fully saturated rings. The molecule has 0 aliphatic carbocycles. The molecule has 0 saturated heterocycles. The lowest BCUT2D eigenvalue weighted by molar-refractivity contribution is -0.119. The van der Waals surface area contributed by atoms with Gasteiger partial charge in [0.1, 0.15) is 0 Å². The van der Waals surface area contributed by atoms with Crippen LogP contribution in [0.5, 0.6) is 0 Å². The van der Waals surface area contributed by atoms with Gasteiger partial charge in [-0.1, -0.05) is 28.1 Å². The summed E-state index contributed by atoms with van der Waals surface area (Å²) in [7, 11) is 1.53. The summed E-state index contributed by atoms with van der Waals surface area (Å²) in [5.74, 6) is -0.463. The van der Waals surface area contributed by atoms with Gasteiger partial charge in [-0.05, 0) is 17.7 Å². The van der Waals surface area contributed by atoms with Gasteiger partial charge < -0.3 is 10.6 Å². The lowest BCUT2D eigenvalue weighted by Crippen LogP contribution is -2.35. The van der Waals surface area contributed by atoms with E-state index in [2.05, 4.69) is 26.6 Å². The van der Waals surface area contributed by atoms with E-state index in [1.165, 1.54) is 7.05 Å². The molecule has 5 heteroatoms. The molecule has 1 aromatic carbocycles. The molecule has 0 aliphatic rings. The number of amides is 2. The molecule has 1 rings (SSSR count). The summed E-state index contributed by atoms with van der Waals surface area (Å²) in [5, 5.41) is 5.71. The van der Waals surface area contributed by atoms with Crippen molar-refractivity contribution in [2.45, 2.75) is 5.33 Å². The Balaban J connectivity index is 2.56. The SMILES string of the molecule is CNC(=O)CNC(=O)c1ccc(CBr)cc1. The molecule has 0 radical (unpaired) electrons. The van der Waals surface area contributed by atoms with Crippen LogP contribution in [-0.2, 0) is 10.1 Å². The highest BCUT2D eigenvalue weighted by molar-refractivity contribution is 9.08. The third-order valence-corrected chi connectivity index (χ3v) is 2.71. The van der Waals surface area contributed by atoms with Crippen molar-refractivity contribution >= 4 is 27.7 Å². The highest BCUT2D eigenvalue weighted by Gasteiger charge is 2.06. The van der Waals surface area contributed by atoms with Crippen LogP contribution in [0.2, 0.25) is 0 Å². The van der Waals surface area contributed by atoms with Gasteiger partial charge >= 0.3 is 0 Å². The second-order valence-corrected chi connectivity index (χ2v) is 3.75. The minimum Gasteiger partial charge on any atom is -0.358 e. The second-order valence-electron chi connectivity index (χ2n) is 3.19. The topological polar surface area (TPSA) is 58.2 Å². The maximum atomic E-state index is 11.6. The number of hydrogen-bond acceptors (Lipinski definition) is 2. The van der Waals surface area contributed by atoms with Gasteiger partial charge in [0.15, 0.2) is 0 Å². The highest BCUT2D eigenvalue weighted by Crippen LogP contribution is 2.07. The van der Waals surface area contributed by atoms with Crippen molar-refractivity contribution in [1.29, 1.82) is 0 Å². The number of benzene rings is 1. The van der Waals surface area contributed by atoms with Crippen molar-refractivity contribution in [1.82, 2.24) is 10.6 Å². The lowest BCUT2D eigenvalue weighted by Gasteiger charge is -2.04. The van der Waals surface area contributed by atoms with Gasteiger partial charge in [0.05, 0.1) is 6.54 Å². The Bertz CT molecular complexity index is 376. The number of hydrogen-bond donors (Lipinski definition) is 2. The fourth-order valence-corrected chi connectivity index (χ4v) is 1.47. The van der Waals surface area contributed by atoms with Crippen LogP contribution in [-0.4, -0.2) is 25.4 Å². The molecule has 86 valence electrons. The normalized spacial score (nSPS) is 9.62. The highest BCUT2D eigenvalue weighted by atomic mass is 79.9. The average Bonchev–Trinajstić information content (AvgIpc) is 2.35. The third-order valence-electron chi connectivity index (χ3n) is 2.06. The maximum Gasteiger partial charge on any atom is 0.251 e. The Labute approximate surface area is 103 Å². The van der Waals surface area contributed by atoms with Crippen LogP contribution in [0, 0.1) is 0 Å². The molecule has 0 saturated carbocycles. The van der Waals surface area contributed by atoms with Crippen molar-refractivity contribution in [2.24, 2.45) is 0 Å². The summed E-state index contributed by atoms with van der Waals surface area (Å²) in [6.07, 6.45) is 0. The molecule has 2 amide bonds. The Morgan fingerprint density at radius 2 is 1.88 bits per heavy atom. The van der Waals surface area contributed by atoms with Crippen LogP contribution in [0.15, 0.2) is 24.3 Å². The molecule has 0 aliphatic heterocycles. The maximum absolute atomic E-state index is 11.6. The molecule has 2 N–H and O–H groups in total. The summed E-state index contributed by atoms with van der Waals surface area (Å²) in [5.41, 5.74) is 1.65. The minimum atomic E-state index is -0.246. The standard InChI is InChI=1S/C11H13BrN2O2/c1-13-10(15)7-14-11(16)9-4-2-8(6-12)3-5-9/h2-5H,6-7H2,1H3,(H,13,15)(H,14,16). The van der Waals surface area contributed by atoms with Gasteiger partial charge in [-0.25, -0.2) is 0 Å². The van der Waals surface area contributed by atoms with Crippen molar-refractivity contribution < 1.29 is 9.59 Å². The van der Waals surface area contributed by atoms with Gasteiger partial charge in [0.25, 0.3) is 5.91 Å². The first-order valence-electron chi connectivity index (χ1n) is 4.81. The summed E-state index contributed by atoms with van der Waals surface area (Å²) in [4.78, 5) is 22.5. The van der Waals surface area contributed by atoms with Gasteiger partial charge in [-0.15, -0.1) is 0 Å². The van der Waals surface area contributed by atoms with E-state index in [0.717, 1.165) is 10.9 Å². The van der Waals surface area contributed by atoms with E-state index >= 15 is 0 Å².